The largest absolute Gasteiger partial charge is 0.486 e. The highest BCUT2D eigenvalue weighted by atomic mass is 16.5. The number of aryl methyl sites for hydroxylation is 1. The van der Waals surface area contributed by atoms with Crippen molar-refractivity contribution in [2.24, 2.45) is 11.7 Å². The van der Waals surface area contributed by atoms with E-state index in [1.165, 1.54) is 11.3 Å². The topological polar surface area (TPSA) is 38.5 Å². The first kappa shape index (κ1) is 13.2. The van der Waals surface area contributed by atoms with Gasteiger partial charge in [0, 0.05) is 6.54 Å². The molecule has 1 aromatic rings. The van der Waals surface area contributed by atoms with Crippen LogP contribution in [-0.2, 0) is 0 Å². The highest BCUT2D eigenvalue weighted by Gasteiger charge is 2.27. The monoisotopic (exact) mass is 248 g/mol. The molecule has 0 fully saturated rings. The normalized spacial score (nSPS) is 18.7. The molecule has 0 spiro atoms. The Labute approximate surface area is 110 Å². The van der Waals surface area contributed by atoms with E-state index in [1.807, 2.05) is 0 Å². The van der Waals surface area contributed by atoms with Gasteiger partial charge in [-0.1, -0.05) is 19.9 Å². The summed E-state index contributed by atoms with van der Waals surface area (Å²) in [5.41, 5.74) is 8.09. The molecule has 3 heteroatoms. The van der Waals surface area contributed by atoms with Gasteiger partial charge >= 0.3 is 0 Å². The van der Waals surface area contributed by atoms with E-state index in [1.54, 1.807) is 0 Å². The highest BCUT2D eigenvalue weighted by Crippen LogP contribution is 2.35. The van der Waals surface area contributed by atoms with Crippen LogP contribution >= 0.6 is 0 Å². The predicted molar refractivity (Wildman–Crippen MR) is 76.3 cm³/mol. The van der Waals surface area contributed by atoms with Crippen LogP contribution in [-0.4, -0.2) is 25.7 Å². The van der Waals surface area contributed by atoms with Crippen molar-refractivity contribution in [3.63, 3.8) is 0 Å². The molecule has 1 aliphatic rings. The SMILES string of the molecule is Cc1ccc2c(c1)OC(C(C)C)CN2CCCN. The minimum absolute atomic E-state index is 0.275. The molecular formula is C15H24N2O. The maximum atomic E-state index is 6.11. The molecule has 2 rings (SSSR count). The van der Waals surface area contributed by atoms with E-state index in [0.29, 0.717) is 5.92 Å². The summed E-state index contributed by atoms with van der Waals surface area (Å²) in [7, 11) is 0. The second-order valence-corrected chi connectivity index (χ2v) is 5.46. The van der Waals surface area contributed by atoms with E-state index in [0.717, 1.165) is 31.8 Å². The third-order valence-electron chi connectivity index (χ3n) is 3.51. The molecule has 0 amide bonds. The minimum Gasteiger partial charge on any atom is -0.486 e. The number of hydrogen-bond acceptors (Lipinski definition) is 3. The maximum absolute atomic E-state index is 6.11. The average Bonchev–Trinajstić information content (AvgIpc) is 2.34. The van der Waals surface area contributed by atoms with Crippen molar-refractivity contribution in [3.8, 4) is 5.75 Å². The maximum Gasteiger partial charge on any atom is 0.143 e. The molecular weight excluding hydrogens is 224 g/mol. The number of nitrogens with zero attached hydrogens (tertiary/aromatic N) is 1. The van der Waals surface area contributed by atoms with Crippen LogP contribution in [0.3, 0.4) is 0 Å². The molecule has 0 saturated carbocycles. The first-order valence-corrected chi connectivity index (χ1v) is 6.84. The zero-order valence-electron chi connectivity index (χ0n) is 11.6. The number of nitrogens with two attached hydrogens (primary N) is 1. The third-order valence-corrected chi connectivity index (χ3v) is 3.51. The van der Waals surface area contributed by atoms with Gasteiger partial charge in [0.2, 0.25) is 0 Å². The van der Waals surface area contributed by atoms with Crippen LogP contribution in [0.5, 0.6) is 5.75 Å². The van der Waals surface area contributed by atoms with Gasteiger partial charge < -0.3 is 15.4 Å². The lowest BCUT2D eigenvalue weighted by Gasteiger charge is -2.38. The van der Waals surface area contributed by atoms with Crippen LogP contribution in [0, 0.1) is 12.8 Å². The summed E-state index contributed by atoms with van der Waals surface area (Å²) in [6, 6.07) is 6.45. The summed E-state index contributed by atoms with van der Waals surface area (Å²) in [4.78, 5) is 2.41. The minimum atomic E-state index is 0.275. The molecule has 1 aromatic carbocycles. The van der Waals surface area contributed by atoms with Crippen molar-refractivity contribution in [3.05, 3.63) is 23.8 Å². The smallest absolute Gasteiger partial charge is 0.143 e. The van der Waals surface area contributed by atoms with Crippen LogP contribution in [0.25, 0.3) is 0 Å². The lowest BCUT2D eigenvalue weighted by Crippen LogP contribution is -2.43. The number of anilines is 1. The lowest BCUT2D eigenvalue weighted by molar-refractivity contribution is 0.145. The van der Waals surface area contributed by atoms with Crippen molar-refractivity contribution in [1.82, 2.24) is 0 Å². The van der Waals surface area contributed by atoms with Crippen molar-refractivity contribution < 1.29 is 4.74 Å². The first-order chi connectivity index (χ1) is 8.61. The third kappa shape index (κ3) is 2.78. The highest BCUT2D eigenvalue weighted by molar-refractivity contribution is 5.61. The summed E-state index contributed by atoms with van der Waals surface area (Å²) < 4.78 is 6.11. The Morgan fingerprint density at radius 2 is 2.22 bits per heavy atom. The number of hydrogen-bond donors (Lipinski definition) is 1. The van der Waals surface area contributed by atoms with Crippen LogP contribution in [0.15, 0.2) is 18.2 Å². The van der Waals surface area contributed by atoms with Crippen LogP contribution in [0.4, 0.5) is 5.69 Å². The quantitative estimate of drug-likeness (QED) is 0.890. The molecule has 0 saturated heterocycles. The summed E-state index contributed by atoms with van der Waals surface area (Å²) in [6.45, 7) is 9.25. The van der Waals surface area contributed by atoms with E-state index in [9.17, 15) is 0 Å². The van der Waals surface area contributed by atoms with Crippen LogP contribution in [0.1, 0.15) is 25.8 Å². The number of rotatable bonds is 4. The van der Waals surface area contributed by atoms with Gasteiger partial charge in [0.15, 0.2) is 0 Å². The Balaban J connectivity index is 2.25. The molecule has 0 radical (unpaired) electrons. The van der Waals surface area contributed by atoms with Gasteiger partial charge in [-0.15, -0.1) is 0 Å². The summed E-state index contributed by atoms with van der Waals surface area (Å²) in [5, 5.41) is 0. The van der Waals surface area contributed by atoms with Gasteiger partial charge in [0.1, 0.15) is 11.9 Å². The van der Waals surface area contributed by atoms with Gasteiger partial charge in [0.05, 0.1) is 12.2 Å². The van der Waals surface area contributed by atoms with Crippen molar-refractivity contribution in [2.75, 3.05) is 24.5 Å². The Morgan fingerprint density at radius 3 is 2.89 bits per heavy atom. The van der Waals surface area contributed by atoms with Crippen molar-refractivity contribution in [2.45, 2.75) is 33.3 Å². The number of benzene rings is 1. The Morgan fingerprint density at radius 1 is 1.44 bits per heavy atom. The second kappa shape index (κ2) is 5.61. The van der Waals surface area contributed by atoms with Gasteiger partial charge in [-0.25, -0.2) is 0 Å². The van der Waals surface area contributed by atoms with E-state index >= 15 is 0 Å². The Kier molecular flexibility index (Phi) is 4.12. The molecule has 1 heterocycles. The van der Waals surface area contributed by atoms with E-state index in [-0.39, 0.29) is 6.10 Å². The second-order valence-electron chi connectivity index (χ2n) is 5.46. The van der Waals surface area contributed by atoms with E-state index in [2.05, 4.69) is 43.9 Å². The van der Waals surface area contributed by atoms with Gasteiger partial charge in [0.25, 0.3) is 0 Å². The molecule has 1 atom stereocenters. The molecule has 2 N–H and O–H groups in total. The molecule has 1 aliphatic heterocycles. The Hall–Kier alpha value is -1.22. The summed E-state index contributed by atoms with van der Waals surface area (Å²) in [6.07, 6.45) is 1.30. The van der Waals surface area contributed by atoms with Gasteiger partial charge in [-0.05, 0) is 43.5 Å². The molecule has 3 nitrogen and oxygen atoms in total. The summed E-state index contributed by atoms with van der Waals surface area (Å²) >= 11 is 0. The van der Waals surface area contributed by atoms with Crippen LogP contribution in [0.2, 0.25) is 0 Å². The van der Waals surface area contributed by atoms with Crippen molar-refractivity contribution >= 4 is 5.69 Å². The van der Waals surface area contributed by atoms with Gasteiger partial charge in [-0.2, -0.15) is 0 Å². The zero-order valence-corrected chi connectivity index (χ0v) is 11.6. The molecule has 0 aliphatic carbocycles. The molecule has 0 aromatic heterocycles. The number of ether oxygens (including phenoxy) is 1. The van der Waals surface area contributed by atoms with Crippen molar-refractivity contribution in [1.29, 1.82) is 0 Å². The van der Waals surface area contributed by atoms with E-state index < -0.39 is 0 Å². The predicted octanol–water partition coefficient (Wildman–Crippen LogP) is 2.57. The zero-order chi connectivity index (χ0) is 13.1. The molecule has 100 valence electrons. The Bertz CT molecular complexity index is 403. The molecule has 1 unspecified atom stereocenters. The fraction of sp³-hybridized carbons (Fsp3) is 0.600. The van der Waals surface area contributed by atoms with Crippen LogP contribution < -0.4 is 15.4 Å². The number of fused-ring (bicyclic) bond motifs is 1. The first-order valence-electron chi connectivity index (χ1n) is 6.84. The lowest BCUT2D eigenvalue weighted by atomic mass is 10.0. The fourth-order valence-electron chi connectivity index (χ4n) is 2.33. The van der Waals surface area contributed by atoms with Gasteiger partial charge in [-0.3, -0.25) is 0 Å². The van der Waals surface area contributed by atoms with E-state index in [4.69, 9.17) is 10.5 Å². The fourth-order valence-corrected chi connectivity index (χ4v) is 2.33. The standard InChI is InChI=1S/C15H24N2O/c1-11(2)15-10-17(8-4-7-16)13-6-5-12(3)9-14(13)18-15/h5-6,9,11,15H,4,7-8,10,16H2,1-3H3. The summed E-state index contributed by atoms with van der Waals surface area (Å²) in [5.74, 6) is 1.55. The molecule has 18 heavy (non-hydrogen) atoms. The average molecular weight is 248 g/mol. The molecule has 0 bridgehead atoms.